The molecule has 138 valence electrons. The van der Waals surface area contributed by atoms with Gasteiger partial charge in [-0.15, -0.1) is 0 Å². The van der Waals surface area contributed by atoms with Crippen LogP contribution >= 0.6 is 0 Å². The third kappa shape index (κ3) is 4.85. The van der Waals surface area contributed by atoms with Crippen LogP contribution in [-0.2, 0) is 9.53 Å². The van der Waals surface area contributed by atoms with Crippen molar-refractivity contribution in [3.8, 4) is 5.75 Å². The molecule has 26 heavy (non-hydrogen) atoms. The van der Waals surface area contributed by atoms with Crippen LogP contribution in [0.3, 0.4) is 0 Å². The third-order valence-electron chi connectivity index (χ3n) is 4.01. The molecule has 2 aromatic carbocycles. The molecule has 0 aliphatic rings. The van der Waals surface area contributed by atoms with Gasteiger partial charge in [-0.1, -0.05) is 12.1 Å². The first-order valence-corrected chi connectivity index (χ1v) is 8.64. The van der Waals surface area contributed by atoms with E-state index in [1.54, 1.807) is 32.0 Å². The number of nitrogens with one attached hydrogen (secondary N) is 1. The van der Waals surface area contributed by atoms with Gasteiger partial charge in [0.25, 0.3) is 5.91 Å². The van der Waals surface area contributed by atoms with Crippen molar-refractivity contribution in [2.24, 2.45) is 0 Å². The van der Waals surface area contributed by atoms with E-state index < -0.39 is 6.10 Å². The largest absolute Gasteiger partial charge is 0.481 e. The molecule has 5 nitrogen and oxygen atoms in total. The number of hydrogen-bond acceptors (Lipinski definition) is 4. The minimum absolute atomic E-state index is 0.252. The van der Waals surface area contributed by atoms with Gasteiger partial charge in [-0.25, -0.2) is 4.79 Å². The standard InChI is InChI=1S/C21H25NO4/c1-6-25-21(24)17-9-10-18(15(4)12-17)22-20(23)16(5)26-19-11-13(2)7-8-14(19)3/h7-12,16H,6H2,1-5H3,(H,22,23). The Morgan fingerprint density at radius 1 is 1.04 bits per heavy atom. The summed E-state index contributed by atoms with van der Waals surface area (Å²) in [6, 6.07) is 10.9. The van der Waals surface area contributed by atoms with Crippen LogP contribution < -0.4 is 10.1 Å². The van der Waals surface area contributed by atoms with Crippen molar-refractivity contribution in [1.82, 2.24) is 0 Å². The molecule has 1 N–H and O–H groups in total. The number of hydrogen-bond donors (Lipinski definition) is 1. The monoisotopic (exact) mass is 355 g/mol. The lowest BCUT2D eigenvalue weighted by Crippen LogP contribution is -2.30. The highest BCUT2D eigenvalue weighted by Crippen LogP contribution is 2.22. The lowest BCUT2D eigenvalue weighted by atomic mass is 10.1. The van der Waals surface area contributed by atoms with Crippen molar-refractivity contribution in [3.05, 3.63) is 58.7 Å². The summed E-state index contributed by atoms with van der Waals surface area (Å²) in [7, 11) is 0. The van der Waals surface area contributed by atoms with E-state index in [0.29, 0.717) is 23.6 Å². The molecular weight excluding hydrogens is 330 g/mol. The predicted octanol–water partition coefficient (Wildman–Crippen LogP) is 4.19. The van der Waals surface area contributed by atoms with E-state index in [-0.39, 0.29) is 11.9 Å². The smallest absolute Gasteiger partial charge is 0.338 e. The van der Waals surface area contributed by atoms with Crippen molar-refractivity contribution in [2.45, 2.75) is 40.7 Å². The van der Waals surface area contributed by atoms with Gasteiger partial charge in [0.1, 0.15) is 5.75 Å². The van der Waals surface area contributed by atoms with Crippen LogP contribution in [0.15, 0.2) is 36.4 Å². The lowest BCUT2D eigenvalue weighted by molar-refractivity contribution is -0.122. The van der Waals surface area contributed by atoms with E-state index in [9.17, 15) is 9.59 Å². The molecule has 0 spiro atoms. The number of aryl methyl sites for hydroxylation is 3. The Morgan fingerprint density at radius 2 is 1.77 bits per heavy atom. The van der Waals surface area contributed by atoms with Crippen molar-refractivity contribution < 1.29 is 19.1 Å². The number of rotatable bonds is 6. The van der Waals surface area contributed by atoms with E-state index in [4.69, 9.17) is 9.47 Å². The normalized spacial score (nSPS) is 11.6. The number of amides is 1. The first-order chi connectivity index (χ1) is 12.3. The van der Waals surface area contributed by atoms with Crippen LogP contribution in [0, 0.1) is 20.8 Å². The third-order valence-corrected chi connectivity index (χ3v) is 4.01. The topological polar surface area (TPSA) is 64.6 Å². The van der Waals surface area contributed by atoms with Gasteiger partial charge in [0.05, 0.1) is 12.2 Å². The quantitative estimate of drug-likeness (QED) is 0.789. The molecule has 0 saturated carbocycles. The highest BCUT2D eigenvalue weighted by Gasteiger charge is 2.17. The fraction of sp³-hybridized carbons (Fsp3) is 0.333. The summed E-state index contributed by atoms with van der Waals surface area (Å²) >= 11 is 0. The van der Waals surface area contributed by atoms with Gasteiger partial charge in [0.2, 0.25) is 0 Å². The fourth-order valence-electron chi connectivity index (χ4n) is 2.46. The van der Waals surface area contributed by atoms with Gasteiger partial charge < -0.3 is 14.8 Å². The maximum atomic E-state index is 12.5. The van der Waals surface area contributed by atoms with Crippen molar-refractivity contribution in [3.63, 3.8) is 0 Å². The molecule has 0 aromatic heterocycles. The van der Waals surface area contributed by atoms with Gasteiger partial charge in [-0.2, -0.15) is 0 Å². The summed E-state index contributed by atoms with van der Waals surface area (Å²) in [6.45, 7) is 9.54. The van der Waals surface area contributed by atoms with Crippen molar-refractivity contribution >= 4 is 17.6 Å². The van der Waals surface area contributed by atoms with Crippen LogP contribution in [0.2, 0.25) is 0 Å². The summed E-state index contributed by atoms with van der Waals surface area (Å²) in [5.41, 5.74) is 3.93. The van der Waals surface area contributed by atoms with Gasteiger partial charge >= 0.3 is 5.97 Å². The zero-order valence-electron chi connectivity index (χ0n) is 15.9. The fourth-order valence-corrected chi connectivity index (χ4v) is 2.46. The highest BCUT2D eigenvalue weighted by atomic mass is 16.5. The van der Waals surface area contributed by atoms with Crippen LogP contribution in [0.5, 0.6) is 5.75 Å². The Kier molecular flexibility index (Phi) is 6.39. The van der Waals surface area contributed by atoms with Gasteiger partial charge in [-0.05, 0) is 75.6 Å². The first kappa shape index (κ1) is 19.5. The maximum Gasteiger partial charge on any atom is 0.338 e. The molecule has 0 bridgehead atoms. The SMILES string of the molecule is CCOC(=O)c1ccc(NC(=O)C(C)Oc2cc(C)ccc2C)c(C)c1. The zero-order chi connectivity index (χ0) is 19.3. The van der Waals surface area contributed by atoms with E-state index in [2.05, 4.69) is 5.32 Å². The molecule has 1 atom stereocenters. The molecule has 0 aliphatic heterocycles. The summed E-state index contributed by atoms with van der Waals surface area (Å²) < 4.78 is 10.8. The van der Waals surface area contributed by atoms with Crippen LogP contribution in [0.25, 0.3) is 0 Å². The summed E-state index contributed by atoms with van der Waals surface area (Å²) in [6.07, 6.45) is -0.653. The van der Waals surface area contributed by atoms with E-state index in [0.717, 1.165) is 16.7 Å². The first-order valence-electron chi connectivity index (χ1n) is 8.64. The minimum atomic E-state index is -0.653. The molecular formula is C21H25NO4. The molecule has 2 aromatic rings. The molecule has 1 unspecified atom stereocenters. The molecule has 0 fully saturated rings. The number of carbonyl (C=O) groups is 2. The number of esters is 1. The van der Waals surface area contributed by atoms with Crippen LogP contribution in [0.1, 0.15) is 40.9 Å². The second kappa shape index (κ2) is 8.52. The van der Waals surface area contributed by atoms with Crippen LogP contribution in [0.4, 0.5) is 5.69 Å². The number of ether oxygens (including phenoxy) is 2. The number of carbonyl (C=O) groups excluding carboxylic acids is 2. The van der Waals surface area contributed by atoms with E-state index in [1.165, 1.54) is 0 Å². The van der Waals surface area contributed by atoms with E-state index in [1.807, 2.05) is 39.0 Å². The Labute approximate surface area is 154 Å². The lowest BCUT2D eigenvalue weighted by Gasteiger charge is -2.17. The second-order valence-corrected chi connectivity index (χ2v) is 6.27. The van der Waals surface area contributed by atoms with Gasteiger partial charge in [0, 0.05) is 5.69 Å². The van der Waals surface area contributed by atoms with Gasteiger partial charge in [-0.3, -0.25) is 4.79 Å². The summed E-state index contributed by atoms with van der Waals surface area (Å²) in [5, 5.41) is 2.85. The Bertz CT molecular complexity index is 814. The predicted molar refractivity (Wildman–Crippen MR) is 102 cm³/mol. The molecule has 0 saturated heterocycles. The molecule has 2 rings (SSSR count). The average Bonchev–Trinajstić information content (AvgIpc) is 2.59. The number of benzene rings is 2. The maximum absolute atomic E-state index is 12.5. The Hall–Kier alpha value is -2.82. The molecule has 0 aliphatic carbocycles. The minimum Gasteiger partial charge on any atom is -0.481 e. The number of anilines is 1. The zero-order valence-corrected chi connectivity index (χ0v) is 15.9. The average molecular weight is 355 g/mol. The van der Waals surface area contributed by atoms with Gasteiger partial charge in [0.15, 0.2) is 6.10 Å². The van der Waals surface area contributed by atoms with E-state index >= 15 is 0 Å². The van der Waals surface area contributed by atoms with Crippen LogP contribution in [-0.4, -0.2) is 24.6 Å². The molecule has 5 heteroatoms. The molecule has 0 radical (unpaired) electrons. The highest BCUT2D eigenvalue weighted by molar-refractivity contribution is 5.96. The summed E-state index contributed by atoms with van der Waals surface area (Å²) in [5.74, 6) is 0.0695. The Balaban J connectivity index is 2.06. The Morgan fingerprint density at radius 3 is 2.42 bits per heavy atom. The second-order valence-electron chi connectivity index (χ2n) is 6.27. The molecule has 1 amide bonds. The van der Waals surface area contributed by atoms with Crippen molar-refractivity contribution in [2.75, 3.05) is 11.9 Å². The summed E-state index contributed by atoms with van der Waals surface area (Å²) in [4.78, 5) is 24.2. The molecule has 0 heterocycles. The van der Waals surface area contributed by atoms with Crippen molar-refractivity contribution in [1.29, 1.82) is 0 Å².